The van der Waals surface area contributed by atoms with Gasteiger partial charge in [0.05, 0.1) is 6.54 Å². The van der Waals surface area contributed by atoms with Crippen LogP contribution in [0.5, 0.6) is 0 Å². The standard InChI is InChI=1S/C19H24N6O3S/c1-13-8-16(23-28-13)18(26)20-9-14-4-3-7-25(10-14)11-15-5-6-17(27-15)29-19-22-21-12-24(19)2/h5-6,8,12,14H,3-4,7,9-11H2,1-2H3,(H,20,26). The number of carbonyl (C=O) groups excluding carboxylic acids is 1. The quantitative estimate of drug-likeness (QED) is 0.627. The molecule has 9 nitrogen and oxygen atoms in total. The summed E-state index contributed by atoms with van der Waals surface area (Å²) in [6.07, 6.45) is 3.87. The van der Waals surface area contributed by atoms with Crippen molar-refractivity contribution in [2.45, 2.75) is 36.6 Å². The fourth-order valence-electron chi connectivity index (χ4n) is 3.44. The molecular weight excluding hydrogens is 392 g/mol. The lowest BCUT2D eigenvalue weighted by molar-refractivity contribution is 0.0919. The zero-order valence-electron chi connectivity index (χ0n) is 16.5. The SMILES string of the molecule is Cc1cc(C(=O)NCC2CCCN(Cc3ccc(Sc4nncn4C)o3)C2)no1. The van der Waals surface area contributed by atoms with Gasteiger partial charge in [-0.15, -0.1) is 10.2 Å². The first kappa shape index (κ1) is 19.7. The molecular formula is C19H24N6O3S. The van der Waals surface area contributed by atoms with Crippen LogP contribution < -0.4 is 5.32 Å². The minimum absolute atomic E-state index is 0.185. The highest BCUT2D eigenvalue weighted by Gasteiger charge is 2.22. The van der Waals surface area contributed by atoms with Gasteiger partial charge in [0, 0.05) is 26.2 Å². The molecule has 4 rings (SSSR count). The lowest BCUT2D eigenvalue weighted by Gasteiger charge is -2.32. The Morgan fingerprint density at radius 2 is 2.31 bits per heavy atom. The molecule has 10 heteroatoms. The van der Waals surface area contributed by atoms with E-state index < -0.39 is 0 Å². The molecule has 0 radical (unpaired) electrons. The van der Waals surface area contributed by atoms with Crippen LogP contribution in [0.25, 0.3) is 0 Å². The predicted molar refractivity (Wildman–Crippen MR) is 105 cm³/mol. The van der Waals surface area contributed by atoms with E-state index in [4.69, 9.17) is 8.94 Å². The topological polar surface area (TPSA) is 102 Å². The maximum Gasteiger partial charge on any atom is 0.273 e. The molecule has 0 aromatic carbocycles. The average Bonchev–Trinajstić information content (AvgIpc) is 3.43. The van der Waals surface area contributed by atoms with E-state index in [-0.39, 0.29) is 5.91 Å². The Morgan fingerprint density at radius 3 is 3.07 bits per heavy atom. The molecule has 29 heavy (non-hydrogen) atoms. The molecule has 1 aliphatic rings. The van der Waals surface area contributed by atoms with Crippen molar-refractivity contribution in [3.63, 3.8) is 0 Å². The van der Waals surface area contributed by atoms with E-state index in [2.05, 4.69) is 25.6 Å². The minimum atomic E-state index is -0.185. The summed E-state index contributed by atoms with van der Waals surface area (Å²) in [6.45, 7) is 5.11. The molecule has 1 unspecified atom stereocenters. The number of furan rings is 1. The third-order valence-corrected chi connectivity index (χ3v) is 5.87. The van der Waals surface area contributed by atoms with Crippen molar-refractivity contribution in [1.82, 2.24) is 30.1 Å². The van der Waals surface area contributed by atoms with Crippen LogP contribution >= 0.6 is 11.8 Å². The Morgan fingerprint density at radius 1 is 1.41 bits per heavy atom. The number of aryl methyl sites for hydroxylation is 2. The van der Waals surface area contributed by atoms with Gasteiger partial charge >= 0.3 is 0 Å². The molecule has 1 saturated heterocycles. The average molecular weight is 417 g/mol. The summed E-state index contributed by atoms with van der Waals surface area (Å²) in [7, 11) is 1.91. The van der Waals surface area contributed by atoms with Gasteiger partial charge in [-0.1, -0.05) is 5.16 Å². The van der Waals surface area contributed by atoms with Crippen molar-refractivity contribution in [1.29, 1.82) is 0 Å². The molecule has 1 aliphatic heterocycles. The van der Waals surface area contributed by atoms with Crippen LogP contribution in [0, 0.1) is 12.8 Å². The highest BCUT2D eigenvalue weighted by Crippen LogP contribution is 2.28. The van der Waals surface area contributed by atoms with Gasteiger partial charge in [0.1, 0.15) is 17.8 Å². The van der Waals surface area contributed by atoms with E-state index in [1.165, 1.54) is 11.8 Å². The fraction of sp³-hybridized carbons (Fsp3) is 0.474. The summed E-state index contributed by atoms with van der Waals surface area (Å²) in [6, 6.07) is 5.63. The summed E-state index contributed by atoms with van der Waals surface area (Å²) in [5.74, 6) is 1.78. The van der Waals surface area contributed by atoms with Crippen LogP contribution in [-0.4, -0.2) is 50.4 Å². The van der Waals surface area contributed by atoms with Crippen LogP contribution in [-0.2, 0) is 13.6 Å². The van der Waals surface area contributed by atoms with Crippen LogP contribution in [0.3, 0.4) is 0 Å². The molecule has 154 valence electrons. The van der Waals surface area contributed by atoms with Crippen molar-refractivity contribution in [3.8, 4) is 0 Å². The van der Waals surface area contributed by atoms with Crippen LogP contribution in [0.4, 0.5) is 0 Å². The summed E-state index contributed by atoms with van der Waals surface area (Å²) < 4.78 is 12.8. The van der Waals surface area contributed by atoms with E-state index in [9.17, 15) is 4.79 Å². The number of aromatic nitrogens is 4. The van der Waals surface area contributed by atoms with Crippen molar-refractivity contribution < 1.29 is 13.7 Å². The smallest absolute Gasteiger partial charge is 0.273 e. The number of rotatable bonds is 7. The number of carbonyl (C=O) groups is 1. The lowest BCUT2D eigenvalue weighted by atomic mass is 9.98. The summed E-state index contributed by atoms with van der Waals surface area (Å²) >= 11 is 1.46. The van der Waals surface area contributed by atoms with Crippen LogP contribution in [0.1, 0.15) is 34.9 Å². The maximum absolute atomic E-state index is 12.2. The van der Waals surface area contributed by atoms with E-state index in [1.807, 2.05) is 23.7 Å². The molecule has 3 aromatic rings. The van der Waals surface area contributed by atoms with Crippen LogP contribution in [0.2, 0.25) is 0 Å². The lowest BCUT2D eigenvalue weighted by Crippen LogP contribution is -2.40. The molecule has 0 saturated carbocycles. The molecule has 4 heterocycles. The second-order valence-corrected chi connectivity index (χ2v) is 8.30. The van der Waals surface area contributed by atoms with Gasteiger partial charge in [-0.25, -0.2) is 0 Å². The molecule has 1 atom stereocenters. The van der Waals surface area contributed by atoms with Gasteiger partial charge in [-0.05, 0) is 56.1 Å². The predicted octanol–water partition coefficient (Wildman–Crippen LogP) is 2.50. The van der Waals surface area contributed by atoms with Crippen molar-refractivity contribution in [2.24, 2.45) is 13.0 Å². The first-order valence-corrected chi connectivity index (χ1v) is 10.4. The second kappa shape index (κ2) is 8.83. The Balaban J connectivity index is 1.26. The molecule has 0 bridgehead atoms. The third-order valence-electron chi connectivity index (χ3n) is 4.89. The number of piperidine rings is 1. The zero-order valence-corrected chi connectivity index (χ0v) is 17.3. The number of nitrogens with zero attached hydrogens (tertiary/aromatic N) is 5. The molecule has 0 aliphatic carbocycles. The molecule has 1 amide bonds. The Labute approximate surface area is 172 Å². The minimum Gasteiger partial charge on any atom is -0.453 e. The van der Waals surface area contributed by atoms with E-state index >= 15 is 0 Å². The second-order valence-electron chi connectivity index (χ2n) is 7.32. The fourth-order valence-corrected chi connectivity index (χ4v) is 4.18. The maximum atomic E-state index is 12.2. The number of nitrogens with one attached hydrogen (secondary N) is 1. The van der Waals surface area contributed by atoms with Crippen LogP contribution in [0.15, 0.2) is 43.7 Å². The van der Waals surface area contributed by atoms with Crippen molar-refractivity contribution >= 4 is 17.7 Å². The van der Waals surface area contributed by atoms with Gasteiger partial charge < -0.3 is 18.8 Å². The molecule has 3 aromatic heterocycles. The summed E-state index contributed by atoms with van der Waals surface area (Å²) in [5.41, 5.74) is 0.332. The number of hydrogen-bond acceptors (Lipinski definition) is 8. The molecule has 0 spiro atoms. The molecule has 1 fully saturated rings. The van der Waals surface area contributed by atoms with E-state index in [0.717, 1.165) is 48.5 Å². The molecule has 1 N–H and O–H groups in total. The Hall–Kier alpha value is -2.59. The first-order valence-electron chi connectivity index (χ1n) is 9.61. The Kier molecular flexibility index (Phi) is 6.00. The number of hydrogen-bond donors (Lipinski definition) is 1. The summed E-state index contributed by atoms with van der Waals surface area (Å²) in [5, 5.41) is 16.3. The first-order chi connectivity index (χ1) is 14.1. The van der Waals surface area contributed by atoms with Crippen molar-refractivity contribution in [2.75, 3.05) is 19.6 Å². The van der Waals surface area contributed by atoms with Gasteiger partial charge in [-0.2, -0.15) is 0 Å². The number of amides is 1. The van der Waals surface area contributed by atoms with Crippen molar-refractivity contribution in [3.05, 3.63) is 41.7 Å². The van der Waals surface area contributed by atoms with Gasteiger partial charge in [-0.3, -0.25) is 9.69 Å². The Bertz CT molecular complexity index is 965. The highest BCUT2D eigenvalue weighted by molar-refractivity contribution is 7.99. The van der Waals surface area contributed by atoms with Gasteiger partial charge in [0.25, 0.3) is 5.91 Å². The third kappa shape index (κ3) is 5.07. The highest BCUT2D eigenvalue weighted by atomic mass is 32.2. The van der Waals surface area contributed by atoms with Gasteiger partial charge in [0.2, 0.25) is 0 Å². The van der Waals surface area contributed by atoms with E-state index in [1.54, 1.807) is 19.3 Å². The van der Waals surface area contributed by atoms with E-state index in [0.29, 0.717) is 23.9 Å². The zero-order chi connectivity index (χ0) is 20.2. The normalized spacial score (nSPS) is 17.5. The monoisotopic (exact) mass is 416 g/mol. The number of likely N-dealkylation sites (tertiary alicyclic amines) is 1. The largest absolute Gasteiger partial charge is 0.453 e. The summed E-state index contributed by atoms with van der Waals surface area (Å²) in [4.78, 5) is 14.5. The van der Waals surface area contributed by atoms with Gasteiger partial charge in [0.15, 0.2) is 15.9 Å².